The number of carboxylic acid groups (broad SMARTS) is 1. The molecule has 2 aliphatic rings. The minimum Gasteiger partial charge on any atom is -0.478 e. The molecular weight excluding hydrogens is 397 g/mol. The number of hydrogen-bond donors (Lipinski definition) is 1. The van der Waals surface area contributed by atoms with Crippen molar-refractivity contribution >= 4 is 16.9 Å². The van der Waals surface area contributed by atoms with Crippen molar-refractivity contribution in [2.24, 2.45) is 5.92 Å². The number of nitrogens with zero attached hydrogens (tertiary/aromatic N) is 2. The summed E-state index contributed by atoms with van der Waals surface area (Å²) in [5, 5.41) is 10.2. The Morgan fingerprint density at radius 1 is 1.20 bits per heavy atom. The molecule has 2 heterocycles. The summed E-state index contributed by atoms with van der Waals surface area (Å²) >= 11 is 0. The maximum absolute atomic E-state index is 13.9. The molecule has 1 saturated carbocycles. The van der Waals surface area contributed by atoms with Gasteiger partial charge in [0.15, 0.2) is 0 Å². The second kappa shape index (κ2) is 8.23. The van der Waals surface area contributed by atoms with E-state index < -0.39 is 12.6 Å². The third-order valence-corrected chi connectivity index (χ3v) is 6.94. The maximum Gasteiger partial charge on any atom is 0.345 e. The zero-order valence-electron chi connectivity index (χ0n) is 17.2. The highest BCUT2D eigenvalue weighted by atomic mass is 19.3. The summed E-state index contributed by atoms with van der Waals surface area (Å²) in [5.74, 6) is -1.04. The van der Waals surface area contributed by atoms with Crippen molar-refractivity contribution in [1.82, 2.24) is 9.47 Å². The van der Waals surface area contributed by atoms with E-state index in [9.17, 15) is 23.1 Å². The SMILES string of the molecule is Cc1c(C(=O)O)c2ccc(F)cc2n1C(C)C1CCC(N2CC(OC(F)F)C2)CC1. The van der Waals surface area contributed by atoms with Gasteiger partial charge in [0.1, 0.15) is 5.82 Å². The molecule has 1 aliphatic heterocycles. The molecule has 1 aliphatic carbocycles. The molecule has 0 bridgehead atoms. The second-order valence-corrected chi connectivity index (χ2v) is 8.58. The van der Waals surface area contributed by atoms with Crippen molar-refractivity contribution < 1.29 is 27.8 Å². The second-order valence-electron chi connectivity index (χ2n) is 8.58. The Kier molecular flexibility index (Phi) is 5.81. The van der Waals surface area contributed by atoms with Crippen LogP contribution in [-0.4, -0.2) is 52.4 Å². The number of carbonyl (C=O) groups is 1. The van der Waals surface area contributed by atoms with E-state index in [1.165, 1.54) is 12.1 Å². The van der Waals surface area contributed by atoms with Gasteiger partial charge >= 0.3 is 12.6 Å². The first-order valence-electron chi connectivity index (χ1n) is 10.5. The fourth-order valence-corrected chi connectivity index (χ4v) is 5.37. The number of hydrogen-bond acceptors (Lipinski definition) is 3. The molecular formula is C22H27F3N2O3. The number of carboxylic acids is 1. The van der Waals surface area contributed by atoms with Crippen LogP contribution < -0.4 is 0 Å². The number of likely N-dealkylation sites (tertiary alicyclic amines) is 1. The van der Waals surface area contributed by atoms with Crippen LogP contribution in [0.5, 0.6) is 0 Å². The van der Waals surface area contributed by atoms with E-state index in [1.54, 1.807) is 13.0 Å². The van der Waals surface area contributed by atoms with Gasteiger partial charge in [-0.25, -0.2) is 9.18 Å². The number of alkyl halides is 2. The molecule has 8 heteroatoms. The molecule has 5 nitrogen and oxygen atoms in total. The smallest absolute Gasteiger partial charge is 0.345 e. The lowest BCUT2D eigenvalue weighted by Crippen LogP contribution is -2.57. The van der Waals surface area contributed by atoms with Crippen molar-refractivity contribution in [1.29, 1.82) is 0 Å². The van der Waals surface area contributed by atoms with Crippen LogP contribution in [0.25, 0.3) is 10.9 Å². The average molecular weight is 424 g/mol. The number of fused-ring (bicyclic) bond motifs is 1. The van der Waals surface area contributed by atoms with E-state index in [0.29, 0.717) is 41.6 Å². The van der Waals surface area contributed by atoms with Crippen molar-refractivity contribution in [3.8, 4) is 0 Å². The molecule has 30 heavy (non-hydrogen) atoms. The lowest BCUT2D eigenvalue weighted by Gasteiger charge is -2.46. The molecule has 0 amide bonds. The predicted octanol–water partition coefficient (Wildman–Crippen LogP) is 4.83. The Hall–Kier alpha value is -2.06. The summed E-state index contributed by atoms with van der Waals surface area (Å²) in [6.45, 7) is 2.25. The molecule has 2 fully saturated rings. The predicted molar refractivity (Wildman–Crippen MR) is 106 cm³/mol. The molecule has 4 rings (SSSR count). The van der Waals surface area contributed by atoms with Crippen LogP contribution in [0.3, 0.4) is 0 Å². The molecule has 0 radical (unpaired) electrons. The molecule has 1 unspecified atom stereocenters. The zero-order valence-corrected chi connectivity index (χ0v) is 17.2. The Morgan fingerprint density at radius 3 is 2.47 bits per heavy atom. The normalized spacial score (nSPS) is 24.3. The zero-order chi connectivity index (χ0) is 21.6. The van der Waals surface area contributed by atoms with Crippen LogP contribution in [0, 0.1) is 18.7 Å². The number of aromatic carboxylic acids is 1. The van der Waals surface area contributed by atoms with Crippen LogP contribution in [0.4, 0.5) is 13.2 Å². The maximum atomic E-state index is 13.9. The van der Waals surface area contributed by atoms with Gasteiger partial charge in [-0.1, -0.05) is 0 Å². The summed E-state index contributed by atoms with van der Waals surface area (Å²) in [7, 11) is 0. The summed E-state index contributed by atoms with van der Waals surface area (Å²) in [4.78, 5) is 14.0. The highest BCUT2D eigenvalue weighted by molar-refractivity contribution is 6.05. The topological polar surface area (TPSA) is 54.7 Å². The Bertz CT molecular complexity index is 931. The van der Waals surface area contributed by atoms with E-state index >= 15 is 0 Å². The summed E-state index contributed by atoms with van der Waals surface area (Å²) in [6.07, 6.45) is 3.47. The van der Waals surface area contributed by atoms with Gasteiger partial charge in [-0.3, -0.25) is 4.90 Å². The Balaban J connectivity index is 1.47. The first kappa shape index (κ1) is 21.2. The quantitative estimate of drug-likeness (QED) is 0.722. The fourth-order valence-electron chi connectivity index (χ4n) is 5.37. The number of benzene rings is 1. The molecule has 1 aromatic heterocycles. The highest BCUT2D eigenvalue weighted by Crippen LogP contribution is 2.39. The Morgan fingerprint density at radius 2 is 1.87 bits per heavy atom. The average Bonchev–Trinajstić information content (AvgIpc) is 2.95. The van der Waals surface area contributed by atoms with E-state index in [1.807, 2.05) is 4.57 Å². The van der Waals surface area contributed by atoms with Crippen molar-refractivity contribution in [3.05, 3.63) is 35.3 Å². The Labute approximate surface area is 173 Å². The van der Waals surface area contributed by atoms with Crippen molar-refractivity contribution in [2.45, 2.75) is 64.3 Å². The fraction of sp³-hybridized carbons (Fsp3) is 0.591. The standard InChI is InChI=1S/C22H27F3N2O3/c1-12(14-3-6-16(7-4-14)26-10-17(11-26)30-22(24)25)27-13(2)20(21(28)29)18-8-5-15(23)9-19(18)27/h5,8-9,12,14,16-17,22H,3-4,6-7,10-11H2,1-2H3,(H,28,29). The lowest BCUT2D eigenvalue weighted by molar-refractivity contribution is -0.202. The van der Waals surface area contributed by atoms with Gasteiger partial charge in [0.05, 0.1) is 17.2 Å². The van der Waals surface area contributed by atoms with Gasteiger partial charge in [0.25, 0.3) is 0 Å². The number of aromatic nitrogens is 1. The van der Waals surface area contributed by atoms with Crippen LogP contribution >= 0.6 is 0 Å². The van der Waals surface area contributed by atoms with Gasteiger partial charge in [-0.15, -0.1) is 0 Å². The van der Waals surface area contributed by atoms with Gasteiger partial charge < -0.3 is 14.4 Å². The minimum atomic E-state index is -2.71. The van der Waals surface area contributed by atoms with Crippen molar-refractivity contribution in [3.63, 3.8) is 0 Å². The van der Waals surface area contributed by atoms with Gasteiger partial charge in [-0.2, -0.15) is 8.78 Å². The highest BCUT2D eigenvalue weighted by Gasteiger charge is 2.37. The molecule has 1 N–H and O–H groups in total. The number of halogens is 3. The van der Waals surface area contributed by atoms with Crippen LogP contribution in [0.2, 0.25) is 0 Å². The third-order valence-electron chi connectivity index (χ3n) is 6.94. The van der Waals surface area contributed by atoms with Crippen LogP contribution in [0.15, 0.2) is 18.2 Å². The molecule has 1 aromatic carbocycles. The third kappa shape index (κ3) is 3.83. The first-order valence-corrected chi connectivity index (χ1v) is 10.5. The molecule has 2 aromatic rings. The summed E-state index contributed by atoms with van der Waals surface area (Å²) < 4.78 is 45.1. The molecule has 1 saturated heterocycles. The lowest BCUT2D eigenvalue weighted by atomic mass is 9.80. The van der Waals surface area contributed by atoms with E-state index in [-0.39, 0.29) is 23.5 Å². The van der Waals surface area contributed by atoms with Crippen LogP contribution in [-0.2, 0) is 4.74 Å². The van der Waals surface area contributed by atoms with E-state index in [2.05, 4.69) is 16.6 Å². The first-order chi connectivity index (χ1) is 14.3. The molecule has 0 spiro atoms. The summed E-state index contributed by atoms with van der Waals surface area (Å²) in [6, 6.07) is 4.67. The number of ether oxygens (including phenoxy) is 1. The molecule has 1 atom stereocenters. The van der Waals surface area contributed by atoms with E-state index in [4.69, 9.17) is 0 Å². The van der Waals surface area contributed by atoms with Gasteiger partial charge in [-0.05, 0) is 63.6 Å². The molecule has 164 valence electrons. The van der Waals surface area contributed by atoms with Gasteiger partial charge in [0.2, 0.25) is 0 Å². The van der Waals surface area contributed by atoms with E-state index in [0.717, 1.165) is 25.7 Å². The minimum absolute atomic E-state index is 0.0367. The van der Waals surface area contributed by atoms with Crippen LogP contribution in [0.1, 0.15) is 54.7 Å². The monoisotopic (exact) mass is 424 g/mol. The van der Waals surface area contributed by atoms with Crippen molar-refractivity contribution in [2.75, 3.05) is 13.1 Å². The van der Waals surface area contributed by atoms with Gasteiger partial charge in [0, 0.05) is 36.3 Å². The summed E-state index contributed by atoms with van der Waals surface area (Å²) in [5.41, 5.74) is 1.50. The largest absolute Gasteiger partial charge is 0.478 e. The number of rotatable bonds is 6.